The van der Waals surface area contributed by atoms with Crippen molar-refractivity contribution in [3.8, 4) is 5.75 Å². The highest BCUT2D eigenvalue weighted by atomic mass is 16.5. The molecule has 1 aromatic carbocycles. The number of benzene rings is 1. The molecule has 0 aliphatic rings. The number of ether oxygens (including phenoxy) is 1. The van der Waals surface area contributed by atoms with Gasteiger partial charge in [0.05, 0.1) is 12.8 Å². The fourth-order valence-electron chi connectivity index (χ4n) is 2.31. The lowest BCUT2D eigenvalue weighted by Gasteiger charge is -2.22. The van der Waals surface area contributed by atoms with Crippen LogP contribution in [0.1, 0.15) is 43.6 Å². The van der Waals surface area contributed by atoms with Crippen LogP contribution in [-0.4, -0.2) is 12.1 Å². The Balaban J connectivity index is 2.08. The fraction of sp³-hybridized carbons (Fsp3) is 0.353. The maximum Gasteiger partial charge on any atom is 0.118 e. The molecule has 0 bridgehead atoms. The SMILES string of the molecule is CCC(NC(C)c1ccccn1)c1ccc(OC)cc1. The molecule has 20 heavy (non-hydrogen) atoms. The number of rotatable bonds is 6. The van der Waals surface area contributed by atoms with Gasteiger partial charge in [-0.2, -0.15) is 0 Å². The Hall–Kier alpha value is -1.87. The smallest absolute Gasteiger partial charge is 0.118 e. The third-order valence-electron chi connectivity index (χ3n) is 3.51. The van der Waals surface area contributed by atoms with Crippen LogP contribution in [0.3, 0.4) is 0 Å². The first-order chi connectivity index (χ1) is 9.74. The largest absolute Gasteiger partial charge is 0.497 e. The van der Waals surface area contributed by atoms with Crippen LogP contribution in [0.5, 0.6) is 5.75 Å². The van der Waals surface area contributed by atoms with Crippen LogP contribution >= 0.6 is 0 Å². The van der Waals surface area contributed by atoms with E-state index in [4.69, 9.17) is 4.74 Å². The molecule has 1 heterocycles. The molecule has 0 radical (unpaired) electrons. The van der Waals surface area contributed by atoms with Crippen molar-refractivity contribution < 1.29 is 4.74 Å². The molecule has 0 saturated carbocycles. The van der Waals surface area contributed by atoms with E-state index in [1.54, 1.807) is 7.11 Å². The minimum absolute atomic E-state index is 0.225. The summed E-state index contributed by atoms with van der Waals surface area (Å²) in [5, 5.41) is 3.63. The summed E-state index contributed by atoms with van der Waals surface area (Å²) in [4.78, 5) is 4.40. The van der Waals surface area contributed by atoms with Gasteiger partial charge in [-0.25, -0.2) is 0 Å². The molecule has 1 aromatic heterocycles. The Kier molecular flexibility index (Phi) is 5.13. The molecule has 0 spiro atoms. The highest BCUT2D eigenvalue weighted by Gasteiger charge is 2.14. The summed E-state index contributed by atoms with van der Waals surface area (Å²) in [6, 6.07) is 14.8. The Bertz CT molecular complexity index is 510. The first-order valence-electron chi connectivity index (χ1n) is 7.05. The average Bonchev–Trinajstić information content (AvgIpc) is 2.53. The van der Waals surface area contributed by atoms with E-state index in [1.807, 2.05) is 30.5 Å². The second kappa shape index (κ2) is 7.06. The predicted molar refractivity (Wildman–Crippen MR) is 81.8 cm³/mol. The Morgan fingerprint density at radius 1 is 1.15 bits per heavy atom. The molecule has 1 N–H and O–H groups in total. The van der Waals surface area contributed by atoms with E-state index in [0.29, 0.717) is 6.04 Å². The molecule has 0 saturated heterocycles. The van der Waals surface area contributed by atoms with Crippen LogP contribution in [-0.2, 0) is 0 Å². The molecule has 2 unspecified atom stereocenters. The summed E-state index contributed by atoms with van der Waals surface area (Å²) < 4.78 is 5.20. The number of hydrogen-bond donors (Lipinski definition) is 1. The summed E-state index contributed by atoms with van der Waals surface area (Å²) in [6.07, 6.45) is 2.87. The fourth-order valence-corrected chi connectivity index (χ4v) is 2.31. The molecule has 106 valence electrons. The third kappa shape index (κ3) is 3.58. The number of aromatic nitrogens is 1. The normalized spacial score (nSPS) is 13.8. The number of nitrogens with one attached hydrogen (secondary N) is 1. The van der Waals surface area contributed by atoms with Crippen molar-refractivity contribution in [2.24, 2.45) is 0 Å². The molecule has 2 aromatic rings. The van der Waals surface area contributed by atoms with Crippen molar-refractivity contribution in [1.29, 1.82) is 0 Å². The number of pyridine rings is 1. The molecule has 0 aliphatic heterocycles. The van der Waals surface area contributed by atoms with E-state index in [2.05, 4.69) is 42.3 Å². The van der Waals surface area contributed by atoms with Crippen molar-refractivity contribution >= 4 is 0 Å². The van der Waals surface area contributed by atoms with Crippen LogP contribution in [0.4, 0.5) is 0 Å². The molecule has 0 amide bonds. The second-order valence-corrected chi connectivity index (χ2v) is 4.88. The molecular weight excluding hydrogens is 248 g/mol. The molecular formula is C17H22N2O. The summed E-state index contributed by atoms with van der Waals surface area (Å²) in [7, 11) is 1.69. The lowest BCUT2D eigenvalue weighted by atomic mass is 10.0. The summed E-state index contributed by atoms with van der Waals surface area (Å²) in [5.74, 6) is 0.890. The van der Waals surface area contributed by atoms with E-state index < -0.39 is 0 Å². The zero-order valence-electron chi connectivity index (χ0n) is 12.3. The lowest BCUT2D eigenvalue weighted by Crippen LogP contribution is -2.24. The zero-order valence-corrected chi connectivity index (χ0v) is 12.3. The van der Waals surface area contributed by atoms with Crippen LogP contribution in [0, 0.1) is 0 Å². The zero-order chi connectivity index (χ0) is 14.4. The first kappa shape index (κ1) is 14.5. The topological polar surface area (TPSA) is 34.2 Å². The van der Waals surface area contributed by atoms with Gasteiger partial charge in [0.2, 0.25) is 0 Å². The summed E-state index contributed by atoms with van der Waals surface area (Å²) in [6.45, 7) is 4.33. The van der Waals surface area contributed by atoms with Crippen molar-refractivity contribution in [3.05, 3.63) is 59.9 Å². The summed E-state index contributed by atoms with van der Waals surface area (Å²) >= 11 is 0. The number of nitrogens with zero attached hydrogens (tertiary/aromatic N) is 1. The van der Waals surface area contributed by atoms with Gasteiger partial charge in [-0.1, -0.05) is 25.1 Å². The Morgan fingerprint density at radius 3 is 2.45 bits per heavy atom. The van der Waals surface area contributed by atoms with E-state index in [9.17, 15) is 0 Å². The van der Waals surface area contributed by atoms with Gasteiger partial charge in [0.1, 0.15) is 5.75 Å². The minimum Gasteiger partial charge on any atom is -0.497 e. The van der Waals surface area contributed by atoms with Gasteiger partial charge >= 0.3 is 0 Å². The molecule has 2 rings (SSSR count). The van der Waals surface area contributed by atoms with Gasteiger partial charge in [-0.3, -0.25) is 4.98 Å². The quantitative estimate of drug-likeness (QED) is 0.864. The van der Waals surface area contributed by atoms with E-state index in [1.165, 1.54) is 5.56 Å². The Labute approximate surface area is 121 Å². The number of hydrogen-bond acceptors (Lipinski definition) is 3. The molecule has 0 fully saturated rings. The maximum absolute atomic E-state index is 5.20. The van der Waals surface area contributed by atoms with Crippen LogP contribution < -0.4 is 10.1 Å². The molecule has 3 heteroatoms. The van der Waals surface area contributed by atoms with Gasteiger partial charge < -0.3 is 10.1 Å². The van der Waals surface area contributed by atoms with Gasteiger partial charge in [-0.15, -0.1) is 0 Å². The number of methoxy groups -OCH3 is 1. The van der Waals surface area contributed by atoms with Crippen LogP contribution in [0.25, 0.3) is 0 Å². The van der Waals surface area contributed by atoms with Crippen LogP contribution in [0.15, 0.2) is 48.7 Å². The van der Waals surface area contributed by atoms with Gasteiger partial charge in [0.15, 0.2) is 0 Å². The Morgan fingerprint density at radius 2 is 1.90 bits per heavy atom. The van der Waals surface area contributed by atoms with E-state index in [0.717, 1.165) is 17.9 Å². The monoisotopic (exact) mass is 270 g/mol. The van der Waals surface area contributed by atoms with Gasteiger partial charge in [0.25, 0.3) is 0 Å². The average molecular weight is 270 g/mol. The predicted octanol–water partition coefficient (Wildman–Crippen LogP) is 3.89. The highest BCUT2D eigenvalue weighted by molar-refractivity contribution is 5.29. The highest BCUT2D eigenvalue weighted by Crippen LogP contribution is 2.23. The minimum atomic E-state index is 0.225. The lowest BCUT2D eigenvalue weighted by molar-refractivity contribution is 0.413. The second-order valence-electron chi connectivity index (χ2n) is 4.88. The van der Waals surface area contributed by atoms with Crippen molar-refractivity contribution in [3.63, 3.8) is 0 Å². The van der Waals surface area contributed by atoms with E-state index in [-0.39, 0.29) is 6.04 Å². The summed E-state index contributed by atoms with van der Waals surface area (Å²) in [5.41, 5.74) is 2.34. The van der Waals surface area contributed by atoms with E-state index >= 15 is 0 Å². The van der Waals surface area contributed by atoms with Gasteiger partial charge in [-0.05, 0) is 43.2 Å². The third-order valence-corrected chi connectivity index (χ3v) is 3.51. The van der Waals surface area contributed by atoms with Gasteiger partial charge in [0, 0.05) is 18.3 Å². The maximum atomic E-state index is 5.20. The standard InChI is InChI=1S/C17H22N2O/c1-4-16(14-8-10-15(20-3)11-9-14)19-13(2)17-7-5-6-12-18-17/h5-13,16,19H,4H2,1-3H3. The van der Waals surface area contributed by atoms with Crippen molar-refractivity contribution in [2.75, 3.05) is 7.11 Å². The van der Waals surface area contributed by atoms with Crippen molar-refractivity contribution in [1.82, 2.24) is 10.3 Å². The molecule has 2 atom stereocenters. The molecule has 0 aliphatic carbocycles. The van der Waals surface area contributed by atoms with Crippen LogP contribution in [0.2, 0.25) is 0 Å². The molecule has 3 nitrogen and oxygen atoms in total. The first-order valence-corrected chi connectivity index (χ1v) is 7.05. The van der Waals surface area contributed by atoms with Crippen molar-refractivity contribution in [2.45, 2.75) is 32.4 Å².